The van der Waals surface area contributed by atoms with E-state index in [1.165, 1.54) is 26.7 Å². The molecule has 0 nitrogen and oxygen atoms in total. The van der Waals surface area contributed by atoms with Crippen LogP contribution >= 0.6 is 0 Å². The summed E-state index contributed by atoms with van der Waals surface area (Å²) in [6.45, 7) is 0. The normalized spacial score (nSPS) is 12.0. The van der Waals surface area contributed by atoms with Crippen molar-refractivity contribution in [1.29, 1.82) is 0 Å². The summed E-state index contributed by atoms with van der Waals surface area (Å²) >= 11 is 0. The summed E-state index contributed by atoms with van der Waals surface area (Å²) < 4.78 is 0. The summed E-state index contributed by atoms with van der Waals surface area (Å²) in [5, 5.41) is 5.86. The van der Waals surface area contributed by atoms with Crippen molar-refractivity contribution >= 4 is 23.6 Å². The summed E-state index contributed by atoms with van der Waals surface area (Å²) in [6.07, 6.45) is 7.79. The molecule has 0 aromatic heterocycles. The van der Waals surface area contributed by atoms with Crippen molar-refractivity contribution in [2.24, 2.45) is 0 Å². The van der Waals surface area contributed by atoms with Gasteiger partial charge in [-0.25, -0.2) is 10.8 Å². The molecule has 5 heteroatoms. The van der Waals surface area contributed by atoms with Crippen LogP contribution in [0, 0.1) is 6.08 Å². The Morgan fingerprint density at radius 2 is 0.914 bits per heavy atom. The molecular weight excluding hydrogens is 543 g/mol. The van der Waals surface area contributed by atoms with Gasteiger partial charge in [0.15, 0.2) is 0 Å². The van der Waals surface area contributed by atoms with Crippen LogP contribution in [0.2, 0.25) is 0 Å². The number of rotatable bonds is 6. The van der Waals surface area contributed by atoms with Crippen LogP contribution in [0.1, 0.15) is 12.0 Å². The fourth-order valence-electron chi connectivity index (χ4n) is 4.91. The van der Waals surface area contributed by atoms with Crippen molar-refractivity contribution in [1.82, 2.24) is 0 Å². The molecule has 174 valence electrons. The maximum atomic E-state index is 3.66. The van der Waals surface area contributed by atoms with E-state index in [4.69, 9.17) is 0 Å². The van der Waals surface area contributed by atoms with Gasteiger partial charge in [-0.15, -0.1) is 0 Å². The molecule has 0 heterocycles. The van der Waals surface area contributed by atoms with Crippen LogP contribution in [0.15, 0.2) is 138 Å². The summed E-state index contributed by atoms with van der Waals surface area (Å²) in [6, 6.07) is 44.3. The number of benzene rings is 4. The Bertz CT molecular complexity index is 1120. The van der Waals surface area contributed by atoms with Crippen molar-refractivity contribution in [3.8, 4) is 0 Å². The van der Waals surface area contributed by atoms with E-state index in [1.54, 1.807) is 5.20 Å². The molecule has 5 rings (SSSR count). The molecule has 0 spiro atoms. The molecular formula is C30H25Cl3SiTi. The van der Waals surface area contributed by atoms with Crippen molar-refractivity contribution in [3.05, 3.63) is 150 Å². The summed E-state index contributed by atoms with van der Waals surface area (Å²) in [4.78, 5) is 0. The predicted molar refractivity (Wildman–Crippen MR) is 134 cm³/mol. The standard InChI is InChI=1S/C30H25Si.3ClH.Ti/c1-5-14-25(15-6-1)24-26-16-13-23-30(26)31(27-17-7-2-8-18-27,28-19-9-3-10-20-28)29-21-11-4-12-22-29;;;;/h1-15,17-22H,23-24H2;3*1H;/q-1;;;;+4/p-3. The summed E-state index contributed by atoms with van der Waals surface area (Å²) in [5.41, 5.74) is 2.70. The molecule has 0 saturated heterocycles. The molecule has 0 aliphatic heterocycles. The van der Waals surface area contributed by atoms with Crippen molar-refractivity contribution in [3.63, 3.8) is 0 Å². The quantitative estimate of drug-likeness (QED) is 0.127. The molecule has 0 atom stereocenters. The van der Waals surface area contributed by atoms with Crippen LogP contribution in [0.5, 0.6) is 0 Å². The second-order valence-corrected chi connectivity index (χ2v) is 11.9. The third-order valence-electron chi connectivity index (χ3n) is 6.24. The van der Waals surface area contributed by atoms with Gasteiger partial charge in [0.2, 0.25) is 0 Å². The number of halogens is 3. The van der Waals surface area contributed by atoms with Gasteiger partial charge in [-0.3, -0.25) is 6.08 Å². The molecule has 0 bridgehead atoms. The summed E-state index contributed by atoms with van der Waals surface area (Å²) in [5.74, 6) is 0. The Hall–Kier alpha value is -1.84. The molecule has 4 aromatic carbocycles. The second-order valence-electron chi connectivity index (χ2n) is 8.02. The first-order valence-corrected chi connectivity index (χ1v) is 12.9. The number of allylic oxidation sites excluding steroid dienone is 4. The minimum atomic E-state index is -2.42. The van der Waals surface area contributed by atoms with Gasteiger partial charge < -0.3 is 37.2 Å². The van der Waals surface area contributed by atoms with Crippen LogP contribution in [0.3, 0.4) is 0 Å². The molecule has 0 amide bonds. The Balaban J connectivity index is 0.00000153. The predicted octanol–water partition coefficient (Wildman–Crippen LogP) is -3.99. The monoisotopic (exact) mass is 566 g/mol. The maximum Gasteiger partial charge on any atom is 4.00 e. The molecule has 0 fully saturated rings. The van der Waals surface area contributed by atoms with E-state index in [1.807, 2.05) is 0 Å². The van der Waals surface area contributed by atoms with Crippen LogP contribution in [-0.4, -0.2) is 8.07 Å². The van der Waals surface area contributed by atoms with Crippen molar-refractivity contribution < 1.29 is 58.9 Å². The first-order chi connectivity index (χ1) is 15.4. The van der Waals surface area contributed by atoms with E-state index in [-0.39, 0.29) is 58.9 Å². The molecule has 0 unspecified atom stereocenters. The average Bonchev–Trinajstić information content (AvgIpc) is 3.31. The van der Waals surface area contributed by atoms with Gasteiger partial charge in [-0.1, -0.05) is 143 Å². The Morgan fingerprint density at radius 3 is 1.31 bits per heavy atom. The number of hydrogen-bond acceptors (Lipinski definition) is 0. The fraction of sp³-hybridized carbons (Fsp3) is 0.0667. The second kappa shape index (κ2) is 14.7. The average molecular weight is 568 g/mol. The van der Waals surface area contributed by atoms with Crippen LogP contribution < -0.4 is 52.8 Å². The molecule has 35 heavy (non-hydrogen) atoms. The van der Waals surface area contributed by atoms with Gasteiger partial charge in [0, 0.05) is 0 Å². The van der Waals surface area contributed by atoms with E-state index in [0.29, 0.717) is 0 Å². The maximum absolute atomic E-state index is 3.66. The molecule has 1 aliphatic rings. The Kier molecular flexibility index (Phi) is 13.1. The SMILES string of the molecule is [C-]1=CCC([Si](c2ccccc2)(c2ccccc2)c2ccccc2)=C1Cc1ccccc1.[Cl-].[Cl-].[Cl-].[Ti+4]. The van der Waals surface area contributed by atoms with Gasteiger partial charge in [0.25, 0.3) is 0 Å². The van der Waals surface area contributed by atoms with Crippen molar-refractivity contribution in [2.45, 2.75) is 12.8 Å². The van der Waals surface area contributed by atoms with Gasteiger partial charge >= 0.3 is 21.7 Å². The first kappa shape index (κ1) is 31.2. The fourth-order valence-corrected chi connectivity index (χ4v) is 10.1. The zero-order chi connectivity index (χ0) is 20.9. The minimum Gasteiger partial charge on any atom is -1.00 e. The zero-order valence-corrected chi connectivity index (χ0v) is 24.0. The van der Waals surface area contributed by atoms with Crippen LogP contribution in [0.25, 0.3) is 0 Å². The third-order valence-corrected chi connectivity index (χ3v) is 11.3. The summed E-state index contributed by atoms with van der Waals surface area (Å²) in [7, 11) is -2.42. The molecule has 1 aliphatic carbocycles. The topological polar surface area (TPSA) is 0 Å². The van der Waals surface area contributed by atoms with E-state index < -0.39 is 8.07 Å². The van der Waals surface area contributed by atoms with Crippen LogP contribution in [0.4, 0.5) is 0 Å². The third kappa shape index (κ3) is 6.30. The van der Waals surface area contributed by atoms with E-state index in [0.717, 1.165) is 12.8 Å². The van der Waals surface area contributed by atoms with Crippen LogP contribution in [-0.2, 0) is 28.1 Å². The van der Waals surface area contributed by atoms with Gasteiger partial charge in [-0.2, -0.15) is 6.08 Å². The van der Waals surface area contributed by atoms with Gasteiger partial charge in [-0.05, 0) is 12.0 Å². The van der Waals surface area contributed by atoms with Gasteiger partial charge in [0.1, 0.15) is 0 Å². The largest absolute Gasteiger partial charge is 4.00 e. The zero-order valence-electron chi connectivity index (χ0n) is 19.2. The van der Waals surface area contributed by atoms with E-state index >= 15 is 0 Å². The Labute approximate surface area is 243 Å². The van der Waals surface area contributed by atoms with Crippen molar-refractivity contribution in [2.75, 3.05) is 0 Å². The molecule has 4 aromatic rings. The van der Waals surface area contributed by atoms with Gasteiger partial charge in [0.05, 0.1) is 8.07 Å². The molecule has 0 saturated carbocycles. The smallest absolute Gasteiger partial charge is 1.00 e. The molecule has 0 N–H and O–H groups in total. The Morgan fingerprint density at radius 1 is 0.543 bits per heavy atom. The first-order valence-electron chi connectivity index (χ1n) is 10.9. The minimum absolute atomic E-state index is 0. The van der Waals surface area contributed by atoms with E-state index in [9.17, 15) is 0 Å². The molecule has 0 radical (unpaired) electrons. The van der Waals surface area contributed by atoms with E-state index in [2.05, 4.69) is 133 Å². The number of hydrogen-bond donors (Lipinski definition) is 0.